The zero-order chi connectivity index (χ0) is 12.4. The molecule has 2 heterocycles. The summed E-state index contributed by atoms with van der Waals surface area (Å²) in [7, 11) is 0. The Bertz CT molecular complexity index is 410. The number of nitrogens with two attached hydrogens (primary N) is 1. The number of carbonyl (C=O) groups excluding carboxylic acids is 1. The second-order valence-corrected chi connectivity index (χ2v) is 5.33. The molecular formula is C11H18N4OS. The van der Waals surface area contributed by atoms with Gasteiger partial charge >= 0.3 is 0 Å². The van der Waals surface area contributed by atoms with Gasteiger partial charge in [-0.2, -0.15) is 0 Å². The second kappa shape index (κ2) is 5.12. The summed E-state index contributed by atoms with van der Waals surface area (Å²) in [5, 5.41) is 4.07. The normalized spacial score (nSPS) is 18.2. The Kier molecular flexibility index (Phi) is 3.76. The predicted molar refractivity (Wildman–Crippen MR) is 68.2 cm³/mol. The van der Waals surface area contributed by atoms with E-state index < -0.39 is 0 Å². The molecule has 2 rings (SSSR count). The zero-order valence-corrected chi connectivity index (χ0v) is 11.0. The van der Waals surface area contributed by atoms with E-state index in [1.165, 1.54) is 11.3 Å². The Labute approximate surface area is 105 Å². The fourth-order valence-electron chi connectivity index (χ4n) is 1.82. The highest BCUT2D eigenvalue weighted by Crippen LogP contribution is 2.23. The van der Waals surface area contributed by atoms with Gasteiger partial charge in [0.15, 0.2) is 0 Å². The van der Waals surface area contributed by atoms with Gasteiger partial charge in [0.2, 0.25) is 0 Å². The molecule has 1 unspecified atom stereocenters. The van der Waals surface area contributed by atoms with Crippen molar-refractivity contribution in [3.63, 3.8) is 0 Å². The van der Waals surface area contributed by atoms with Gasteiger partial charge in [-0.1, -0.05) is 0 Å². The number of nitrogens with zero attached hydrogens (tertiary/aromatic N) is 2. The summed E-state index contributed by atoms with van der Waals surface area (Å²) in [6.07, 6.45) is 0. The first-order valence-electron chi connectivity index (χ1n) is 5.82. The summed E-state index contributed by atoms with van der Waals surface area (Å²) in [5.74, 6) is 0.0911. The molecule has 1 aromatic rings. The largest absolute Gasteiger partial charge is 0.335 e. The Morgan fingerprint density at radius 1 is 1.53 bits per heavy atom. The number of piperazine rings is 1. The van der Waals surface area contributed by atoms with Gasteiger partial charge in [0, 0.05) is 26.2 Å². The Hall–Kier alpha value is -0.980. The van der Waals surface area contributed by atoms with Crippen LogP contribution >= 0.6 is 11.3 Å². The number of rotatable bonds is 2. The standard InChI is InChI=1S/C11H18N4OS/c1-7(12)10-14-8(2)9(17-10)11(16)15-5-3-13-4-6-15/h7,13H,3-6,12H2,1-2H3. The number of aromatic nitrogens is 1. The number of amides is 1. The fraction of sp³-hybridized carbons (Fsp3) is 0.636. The molecule has 1 aliphatic rings. The summed E-state index contributed by atoms with van der Waals surface area (Å²) >= 11 is 1.42. The molecule has 0 radical (unpaired) electrons. The average Bonchev–Trinajstić information content (AvgIpc) is 2.72. The van der Waals surface area contributed by atoms with Crippen molar-refractivity contribution in [1.29, 1.82) is 0 Å². The smallest absolute Gasteiger partial charge is 0.265 e. The van der Waals surface area contributed by atoms with Crippen molar-refractivity contribution in [2.45, 2.75) is 19.9 Å². The van der Waals surface area contributed by atoms with E-state index in [4.69, 9.17) is 5.73 Å². The molecule has 94 valence electrons. The summed E-state index contributed by atoms with van der Waals surface area (Å²) in [6, 6.07) is -0.108. The van der Waals surface area contributed by atoms with Gasteiger partial charge in [-0.15, -0.1) is 11.3 Å². The van der Waals surface area contributed by atoms with E-state index in [9.17, 15) is 4.79 Å². The predicted octanol–water partition coefficient (Wildman–Crippen LogP) is 0.517. The van der Waals surface area contributed by atoms with Crippen molar-refractivity contribution in [2.75, 3.05) is 26.2 Å². The highest BCUT2D eigenvalue weighted by atomic mass is 32.1. The molecule has 5 nitrogen and oxygen atoms in total. The lowest BCUT2D eigenvalue weighted by Crippen LogP contribution is -2.46. The number of aryl methyl sites for hydroxylation is 1. The summed E-state index contributed by atoms with van der Waals surface area (Å²) in [4.78, 5) is 19.3. The third kappa shape index (κ3) is 2.65. The van der Waals surface area contributed by atoms with E-state index in [0.29, 0.717) is 0 Å². The van der Waals surface area contributed by atoms with Crippen LogP contribution in [0.5, 0.6) is 0 Å². The van der Waals surface area contributed by atoms with Gasteiger partial charge < -0.3 is 16.0 Å². The van der Waals surface area contributed by atoms with E-state index in [1.807, 2.05) is 18.7 Å². The average molecular weight is 254 g/mol. The Morgan fingerprint density at radius 3 is 2.71 bits per heavy atom. The lowest BCUT2D eigenvalue weighted by atomic mass is 10.3. The van der Waals surface area contributed by atoms with Crippen molar-refractivity contribution >= 4 is 17.2 Å². The molecule has 0 aromatic carbocycles. The summed E-state index contributed by atoms with van der Waals surface area (Å²) in [6.45, 7) is 7.02. The molecule has 0 aliphatic carbocycles. The third-order valence-corrected chi connectivity index (χ3v) is 4.15. The monoisotopic (exact) mass is 254 g/mol. The van der Waals surface area contributed by atoms with Crippen LogP contribution in [0.15, 0.2) is 0 Å². The van der Waals surface area contributed by atoms with Crippen molar-refractivity contribution in [3.05, 3.63) is 15.6 Å². The van der Waals surface area contributed by atoms with Gasteiger partial charge in [0.05, 0.1) is 11.7 Å². The van der Waals surface area contributed by atoms with E-state index in [2.05, 4.69) is 10.3 Å². The molecule has 1 aliphatic heterocycles. The molecule has 1 fully saturated rings. The highest BCUT2D eigenvalue weighted by molar-refractivity contribution is 7.13. The van der Waals surface area contributed by atoms with E-state index >= 15 is 0 Å². The first kappa shape index (κ1) is 12.5. The van der Waals surface area contributed by atoms with E-state index in [1.54, 1.807) is 0 Å². The first-order valence-corrected chi connectivity index (χ1v) is 6.64. The van der Waals surface area contributed by atoms with Crippen LogP contribution in [-0.2, 0) is 0 Å². The molecule has 6 heteroatoms. The minimum atomic E-state index is -0.108. The molecular weight excluding hydrogens is 236 g/mol. The molecule has 0 saturated carbocycles. The minimum Gasteiger partial charge on any atom is -0.335 e. The van der Waals surface area contributed by atoms with Crippen LogP contribution in [0.2, 0.25) is 0 Å². The number of carbonyl (C=O) groups is 1. The lowest BCUT2D eigenvalue weighted by molar-refractivity contribution is 0.0740. The fourth-order valence-corrected chi connectivity index (χ4v) is 2.81. The Morgan fingerprint density at radius 2 is 2.18 bits per heavy atom. The molecule has 1 aromatic heterocycles. The number of nitrogens with one attached hydrogen (secondary N) is 1. The quantitative estimate of drug-likeness (QED) is 0.807. The number of hydrogen-bond donors (Lipinski definition) is 2. The molecule has 0 spiro atoms. The van der Waals surface area contributed by atoms with Crippen LogP contribution in [0.4, 0.5) is 0 Å². The first-order chi connectivity index (χ1) is 8.09. The van der Waals surface area contributed by atoms with Crippen LogP contribution in [0, 0.1) is 6.92 Å². The second-order valence-electron chi connectivity index (χ2n) is 4.30. The maximum atomic E-state index is 12.3. The van der Waals surface area contributed by atoms with Gasteiger partial charge in [-0.3, -0.25) is 4.79 Å². The maximum absolute atomic E-state index is 12.3. The van der Waals surface area contributed by atoms with Crippen LogP contribution < -0.4 is 11.1 Å². The molecule has 17 heavy (non-hydrogen) atoms. The van der Waals surface area contributed by atoms with E-state index in [-0.39, 0.29) is 11.9 Å². The van der Waals surface area contributed by atoms with Gasteiger partial charge in [-0.05, 0) is 13.8 Å². The van der Waals surface area contributed by atoms with Gasteiger partial charge in [0.1, 0.15) is 9.88 Å². The van der Waals surface area contributed by atoms with Crippen LogP contribution in [0.3, 0.4) is 0 Å². The molecule has 1 atom stereocenters. The maximum Gasteiger partial charge on any atom is 0.265 e. The van der Waals surface area contributed by atoms with Crippen molar-refractivity contribution in [2.24, 2.45) is 5.73 Å². The number of hydrogen-bond acceptors (Lipinski definition) is 5. The van der Waals surface area contributed by atoms with Crippen molar-refractivity contribution in [3.8, 4) is 0 Å². The molecule has 1 amide bonds. The van der Waals surface area contributed by atoms with Gasteiger partial charge in [0.25, 0.3) is 5.91 Å². The van der Waals surface area contributed by atoms with Crippen LogP contribution in [-0.4, -0.2) is 42.0 Å². The topological polar surface area (TPSA) is 71.2 Å². The van der Waals surface area contributed by atoms with Crippen LogP contribution in [0.25, 0.3) is 0 Å². The summed E-state index contributed by atoms with van der Waals surface area (Å²) in [5.41, 5.74) is 6.58. The van der Waals surface area contributed by atoms with Crippen LogP contribution in [0.1, 0.15) is 33.3 Å². The molecule has 1 saturated heterocycles. The third-order valence-electron chi connectivity index (χ3n) is 2.80. The zero-order valence-electron chi connectivity index (χ0n) is 10.2. The lowest BCUT2D eigenvalue weighted by Gasteiger charge is -2.27. The van der Waals surface area contributed by atoms with Gasteiger partial charge in [-0.25, -0.2) is 4.98 Å². The molecule has 3 N–H and O–H groups in total. The molecule has 0 bridgehead atoms. The highest BCUT2D eigenvalue weighted by Gasteiger charge is 2.23. The SMILES string of the molecule is Cc1nc(C(C)N)sc1C(=O)N1CCNCC1. The summed E-state index contributed by atoms with van der Waals surface area (Å²) < 4.78 is 0. The minimum absolute atomic E-state index is 0.0911. The Balaban J connectivity index is 2.18. The number of thiazole rings is 1. The van der Waals surface area contributed by atoms with Crippen molar-refractivity contribution < 1.29 is 4.79 Å². The van der Waals surface area contributed by atoms with E-state index in [0.717, 1.165) is 41.8 Å². The van der Waals surface area contributed by atoms with Crippen molar-refractivity contribution in [1.82, 2.24) is 15.2 Å².